The van der Waals surface area contributed by atoms with Crippen LogP contribution < -0.4 is 11.1 Å². The Balaban J connectivity index is 2.13. The average molecular weight is 289 g/mol. The molecule has 3 N–H and O–H groups in total. The van der Waals surface area contributed by atoms with Gasteiger partial charge in [0, 0.05) is 22.9 Å². The molecule has 0 fully saturated rings. The summed E-state index contributed by atoms with van der Waals surface area (Å²) in [6.45, 7) is 6.71. The van der Waals surface area contributed by atoms with Crippen molar-refractivity contribution in [2.24, 2.45) is 5.73 Å². The van der Waals surface area contributed by atoms with E-state index in [0.29, 0.717) is 17.2 Å². The van der Waals surface area contributed by atoms with Gasteiger partial charge >= 0.3 is 0 Å². The SMILES string of the molecule is CC(C)(C)c1csc(NC(=O)c2cccc(CN)c2)n1. The molecule has 5 heteroatoms. The zero-order valence-corrected chi connectivity index (χ0v) is 12.8. The zero-order valence-electron chi connectivity index (χ0n) is 11.9. The topological polar surface area (TPSA) is 68.0 Å². The molecule has 4 nitrogen and oxygen atoms in total. The van der Waals surface area contributed by atoms with Crippen molar-refractivity contribution in [2.45, 2.75) is 32.7 Å². The highest BCUT2D eigenvalue weighted by atomic mass is 32.1. The number of hydrogen-bond acceptors (Lipinski definition) is 4. The summed E-state index contributed by atoms with van der Waals surface area (Å²) in [6, 6.07) is 7.30. The molecule has 0 saturated carbocycles. The van der Waals surface area contributed by atoms with Gasteiger partial charge in [-0.2, -0.15) is 0 Å². The fourth-order valence-electron chi connectivity index (χ4n) is 1.68. The van der Waals surface area contributed by atoms with Gasteiger partial charge in [-0.05, 0) is 17.7 Å². The van der Waals surface area contributed by atoms with E-state index >= 15 is 0 Å². The van der Waals surface area contributed by atoms with Crippen molar-refractivity contribution in [3.63, 3.8) is 0 Å². The van der Waals surface area contributed by atoms with E-state index in [2.05, 4.69) is 31.1 Å². The van der Waals surface area contributed by atoms with Crippen molar-refractivity contribution in [1.82, 2.24) is 4.98 Å². The lowest BCUT2D eigenvalue weighted by molar-refractivity contribution is 0.102. The summed E-state index contributed by atoms with van der Waals surface area (Å²) in [5.74, 6) is -0.157. The van der Waals surface area contributed by atoms with Crippen LogP contribution in [0.15, 0.2) is 29.6 Å². The lowest BCUT2D eigenvalue weighted by Gasteiger charge is -2.14. The van der Waals surface area contributed by atoms with Gasteiger partial charge in [0.2, 0.25) is 0 Å². The Bertz CT molecular complexity index is 614. The number of benzene rings is 1. The molecule has 0 aliphatic carbocycles. The molecule has 106 valence electrons. The number of nitrogens with one attached hydrogen (secondary N) is 1. The number of amides is 1. The molecule has 0 atom stereocenters. The predicted molar refractivity (Wildman–Crippen MR) is 83.1 cm³/mol. The summed E-state index contributed by atoms with van der Waals surface area (Å²) in [5.41, 5.74) is 8.08. The molecule has 1 aromatic heterocycles. The van der Waals surface area contributed by atoms with Crippen molar-refractivity contribution in [3.8, 4) is 0 Å². The number of nitrogens with two attached hydrogens (primary N) is 1. The first-order chi connectivity index (χ1) is 9.40. The minimum Gasteiger partial charge on any atom is -0.326 e. The molecule has 0 radical (unpaired) electrons. The van der Waals surface area contributed by atoms with Crippen LogP contribution in [0.25, 0.3) is 0 Å². The lowest BCUT2D eigenvalue weighted by atomic mass is 9.93. The maximum absolute atomic E-state index is 12.2. The average Bonchev–Trinajstić information content (AvgIpc) is 2.87. The van der Waals surface area contributed by atoms with Crippen LogP contribution in [0.4, 0.5) is 5.13 Å². The number of aromatic nitrogens is 1. The van der Waals surface area contributed by atoms with Gasteiger partial charge in [-0.3, -0.25) is 10.1 Å². The Kier molecular flexibility index (Phi) is 4.20. The van der Waals surface area contributed by atoms with Crippen LogP contribution >= 0.6 is 11.3 Å². The summed E-state index contributed by atoms with van der Waals surface area (Å²) in [7, 11) is 0. The monoisotopic (exact) mass is 289 g/mol. The second kappa shape index (κ2) is 5.73. The Hall–Kier alpha value is -1.72. The number of nitrogens with zero attached hydrogens (tertiary/aromatic N) is 1. The Morgan fingerprint density at radius 2 is 2.15 bits per heavy atom. The van der Waals surface area contributed by atoms with Gasteiger partial charge in [-0.25, -0.2) is 4.98 Å². The second-order valence-corrected chi connectivity index (χ2v) is 6.50. The van der Waals surface area contributed by atoms with Crippen LogP contribution in [-0.2, 0) is 12.0 Å². The number of rotatable bonds is 3. The molecule has 1 amide bonds. The molecule has 1 heterocycles. The van der Waals surface area contributed by atoms with Crippen molar-refractivity contribution >= 4 is 22.4 Å². The smallest absolute Gasteiger partial charge is 0.257 e. The first kappa shape index (κ1) is 14.7. The Morgan fingerprint density at radius 3 is 2.75 bits per heavy atom. The minimum absolute atomic E-state index is 0.0149. The molecule has 0 unspecified atom stereocenters. The van der Waals surface area contributed by atoms with Crippen LogP contribution in [0, 0.1) is 0 Å². The molecule has 2 aromatic rings. The Morgan fingerprint density at radius 1 is 1.40 bits per heavy atom. The summed E-state index contributed by atoms with van der Waals surface area (Å²) in [4.78, 5) is 16.6. The van der Waals surface area contributed by atoms with Gasteiger partial charge in [-0.15, -0.1) is 11.3 Å². The molecule has 0 aliphatic rings. The zero-order chi connectivity index (χ0) is 14.8. The first-order valence-corrected chi connectivity index (χ1v) is 7.34. The van der Waals surface area contributed by atoms with Gasteiger partial charge in [0.05, 0.1) is 5.69 Å². The normalized spacial score (nSPS) is 11.4. The van der Waals surface area contributed by atoms with Crippen molar-refractivity contribution < 1.29 is 4.79 Å². The molecular weight excluding hydrogens is 270 g/mol. The summed E-state index contributed by atoms with van der Waals surface area (Å²) in [6.07, 6.45) is 0. The summed E-state index contributed by atoms with van der Waals surface area (Å²) in [5, 5.41) is 5.43. The highest BCUT2D eigenvalue weighted by molar-refractivity contribution is 7.14. The van der Waals surface area contributed by atoms with E-state index in [9.17, 15) is 4.79 Å². The van der Waals surface area contributed by atoms with E-state index in [-0.39, 0.29) is 11.3 Å². The number of thiazole rings is 1. The van der Waals surface area contributed by atoms with Crippen LogP contribution in [0.2, 0.25) is 0 Å². The quantitative estimate of drug-likeness (QED) is 0.912. The fraction of sp³-hybridized carbons (Fsp3) is 0.333. The largest absolute Gasteiger partial charge is 0.326 e. The van der Waals surface area contributed by atoms with E-state index in [0.717, 1.165) is 11.3 Å². The third-order valence-electron chi connectivity index (χ3n) is 2.92. The van der Waals surface area contributed by atoms with Crippen LogP contribution in [0.5, 0.6) is 0 Å². The van der Waals surface area contributed by atoms with Crippen LogP contribution in [-0.4, -0.2) is 10.9 Å². The fourth-order valence-corrected chi connectivity index (χ4v) is 2.62. The van der Waals surface area contributed by atoms with Crippen LogP contribution in [0.1, 0.15) is 42.4 Å². The molecule has 0 saturated heterocycles. The third-order valence-corrected chi connectivity index (χ3v) is 3.68. The lowest BCUT2D eigenvalue weighted by Crippen LogP contribution is -2.14. The highest BCUT2D eigenvalue weighted by Gasteiger charge is 2.18. The van der Waals surface area contributed by atoms with Gasteiger partial charge < -0.3 is 5.73 Å². The molecule has 1 aromatic carbocycles. The molecular formula is C15H19N3OS. The maximum Gasteiger partial charge on any atom is 0.257 e. The highest BCUT2D eigenvalue weighted by Crippen LogP contribution is 2.26. The second-order valence-electron chi connectivity index (χ2n) is 5.65. The van der Waals surface area contributed by atoms with Gasteiger partial charge in [-0.1, -0.05) is 32.9 Å². The van der Waals surface area contributed by atoms with Gasteiger partial charge in [0.15, 0.2) is 5.13 Å². The summed E-state index contributed by atoms with van der Waals surface area (Å²) < 4.78 is 0. The van der Waals surface area contributed by atoms with Crippen molar-refractivity contribution in [2.75, 3.05) is 5.32 Å². The van der Waals surface area contributed by atoms with Crippen LogP contribution in [0.3, 0.4) is 0 Å². The minimum atomic E-state index is -0.157. The molecule has 0 bridgehead atoms. The summed E-state index contributed by atoms with van der Waals surface area (Å²) >= 11 is 1.44. The van der Waals surface area contributed by atoms with Gasteiger partial charge in [0.25, 0.3) is 5.91 Å². The number of carbonyl (C=O) groups excluding carboxylic acids is 1. The molecule has 0 aliphatic heterocycles. The third kappa shape index (κ3) is 3.43. The van der Waals surface area contributed by atoms with Crippen molar-refractivity contribution in [3.05, 3.63) is 46.5 Å². The number of anilines is 1. The standard InChI is InChI=1S/C15H19N3OS/c1-15(2,3)12-9-20-14(17-12)18-13(19)11-6-4-5-10(7-11)8-16/h4-7,9H,8,16H2,1-3H3,(H,17,18,19). The molecule has 0 spiro atoms. The number of hydrogen-bond donors (Lipinski definition) is 2. The Labute approximate surface area is 123 Å². The van der Waals surface area contributed by atoms with E-state index in [4.69, 9.17) is 5.73 Å². The maximum atomic E-state index is 12.2. The van der Waals surface area contributed by atoms with Gasteiger partial charge in [0.1, 0.15) is 0 Å². The molecule has 2 rings (SSSR count). The van der Waals surface area contributed by atoms with Crippen molar-refractivity contribution in [1.29, 1.82) is 0 Å². The van der Waals surface area contributed by atoms with E-state index in [1.54, 1.807) is 12.1 Å². The van der Waals surface area contributed by atoms with E-state index in [1.165, 1.54) is 11.3 Å². The molecule has 20 heavy (non-hydrogen) atoms. The predicted octanol–water partition coefficient (Wildman–Crippen LogP) is 3.15. The first-order valence-electron chi connectivity index (χ1n) is 6.46. The van der Waals surface area contributed by atoms with E-state index < -0.39 is 0 Å². The van der Waals surface area contributed by atoms with E-state index in [1.807, 2.05) is 17.5 Å². The number of carbonyl (C=O) groups is 1.